The lowest BCUT2D eigenvalue weighted by atomic mass is 9.89. The minimum atomic E-state index is -4.09. The summed E-state index contributed by atoms with van der Waals surface area (Å²) in [5.74, 6) is 0. The molecule has 35 heavy (non-hydrogen) atoms. The number of hydrogen-bond donors (Lipinski definition) is 3. The summed E-state index contributed by atoms with van der Waals surface area (Å²) >= 11 is 0. The second-order valence-corrected chi connectivity index (χ2v) is 23.3. The molecule has 0 aliphatic carbocycles. The molecule has 0 radical (unpaired) electrons. The summed E-state index contributed by atoms with van der Waals surface area (Å²) in [5, 5.41) is 6.08. The number of amides is 2. The van der Waals surface area contributed by atoms with Crippen molar-refractivity contribution in [2.24, 2.45) is 5.73 Å². The maximum atomic E-state index is 12.6. The predicted octanol–water partition coefficient (Wildman–Crippen LogP) is 3.34. The second-order valence-electron chi connectivity index (χ2n) is 12.4. The molecule has 0 aromatic carbocycles. The van der Waals surface area contributed by atoms with Gasteiger partial charge in [-0.05, 0) is 43.2 Å². The van der Waals surface area contributed by atoms with E-state index >= 15 is 0 Å². The normalized spacial score (nSPS) is 29.3. The molecule has 1 saturated heterocycles. The Morgan fingerprint density at radius 3 is 2.09 bits per heavy atom. The van der Waals surface area contributed by atoms with Crippen molar-refractivity contribution in [2.75, 3.05) is 13.2 Å². The third-order valence-electron chi connectivity index (χ3n) is 7.70. The van der Waals surface area contributed by atoms with E-state index in [1.807, 2.05) is 13.1 Å². The highest BCUT2D eigenvalue weighted by molar-refractivity contribution is 7.90. The van der Waals surface area contributed by atoms with Gasteiger partial charge in [0, 0.05) is 6.54 Å². The van der Waals surface area contributed by atoms with Gasteiger partial charge in [0.25, 0.3) is 10.1 Å². The topological polar surface area (TPSA) is 138 Å². The Balaban J connectivity index is 2.57. The molecule has 10 nitrogen and oxygen atoms in total. The number of urea groups is 1. The van der Waals surface area contributed by atoms with Crippen LogP contribution in [0.4, 0.5) is 4.79 Å². The van der Waals surface area contributed by atoms with Crippen LogP contribution in [0.2, 0.25) is 36.3 Å². The predicted molar refractivity (Wildman–Crippen MR) is 141 cm³/mol. The van der Waals surface area contributed by atoms with Gasteiger partial charge in [-0.3, -0.25) is 0 Å². The first-order chi connectivity index (χ1) is 15.6. The molecule has 0 aromatic heterocycles. The zero-order chi connectivity index (χ0) is 27.3. The van der Waals surface area contributed by atoms with Gasteiger partial charge in [0.05, 0.1) is 17.7 Å². The first kappa shape index (κ1) is 30.3. The van der Waals surface area contributed by atoms with Gasteiger partial charge in [-0.25, -0.2) is 8.98 Å². The van der Waals surface area contributed by atoms with Crippen molar-refractivity contribution < 1.29 is 31.0 Å². The monoisotopic (exact) mass is 551 g/mol. The van der Waals surface area contributed by atoms with Crippen LogP contribution in [-0.2, 0) is 27.9 Å². The van der Waals surface area contributed by atoms with E-state index in [0.717, 1.165) is 5.41 Å². The summed E-state index contributed by atoms with van der Waals surface area (Å²) in [7, 11) is -8.84. The SMILES string of the molecule is CCNC(=O)N[C@H]1O[C@H](CO[Si](C)(C)C(C)(C)C)[C@@]2(OS(=O)(=O)C=C2N)[C@H]1O[Si](C)(C)C(C)(C)C. The molecule has 2 aliphatic heterocycles. The van der Waals surface area contributed by atoms with Gasteiger partial charge in [-0.15, -0.1) is 0 Å². The standard InChI is InChI=1S/C22H45N3O7SSi2/c1-12-24-19(26)25-18-17(31-35(10,11)21(5,6)7)22(15(23)14-33(27,28)32-22)16(30-18)13-29-34(8,9)20(2,3)4/h14,16-18H,12-13,23H2,1-11H3,(H2,24,25,26)/t16-,17+,18+,22-/m1/s1. The van der Waals surface area contributed by atoms with Gasteiger partial charge in [0.1, 0.15) is 12.2 Å². The van der Waals surface area contributed by atoms with E-state index in [1.165, 1.54) is 0 Å². The Morgan fingerprint density at radius 1 is 1.11 bits per heavy atom. The van der Waals surface area contributed by atoms with Gasteiger partial charge in [0.2, 0.25) is 0 Å². The highest BCUT2D eigenvalue weighted by atomic mass is 32.2. The summed E-state index contributed by atoms with van der Waals surface area (Å²) in [4.78, 5) is 12.5. The van der Waals surface area contributed by atoms with Crippen LogP contribution in [0.1, 0.15) is 48.5 Å². The average molecular weight is 552 g/mol. The average Bonchev–Trinajstić information content (AvgIpc) is 3.05. The van der Waals surface area contributed by atoms with E-state index in [-0.39, 0.29) is 22.4 Å². The maximum absolute atomic E-state index is 12.6. The van der Waals surface area contributed by atoms with Crippen molar-refractivity contribution in [2.45, 2.75) is 109 Å². The van der Waals surface area contributed by atoms with Crippen LogP contribution in [0, 0.1) is 0 Å². The lowest BCUT2D eigenvalue weighted by molar-refractivity contribution is -0.0420. The third-order valence-corrected chi connectivity index (χ3v) is 17.7. The molecule has 13 heteroatoms. The van der Waals surface area contributed by atoms with Crippen LogP contribution in [0.5, 0.6) is 0 Å². The van der Waals surface area contributed by atoms with Crippen molar-refractivity contribution >= 4 is 32.8 Å². The Hall–Kier alpha value is -0.966. The molecule has 1 spiro atoms. The van der Waals surface area contributed by atoms with Crippen LogP contribution in [0.3, 0.4) is 0 Å². The molecular formula is C22H45N3O7SSi2. The minimum absolute atomic E-state index is 0.0229. The van der Waals surface area contributed by atoms with E-state index < -0.39 is 56.8 Å². The third kappa shape index (κ3) is 6.13. The Morgan fingerprint density at radius 2 is 1.66 bits per heavy atom. The maximum Gasteiger partial charge on any atom is 0.316 e. The number of hydrogen-bond acceptors (Lipinski definition) is 8. The van der Waals surface area contributed by atoms with Crippen molar-refractivity contribution in [1.82, 2.24) is 10.6 Å². The van der Waals surface area contributed by atoms with E-state index in [0.29, 0.717) is 6.54 Å². The summed E-state index contributed by atoms with van der Waals surface area (Å²) in [6, 6.07) is -0.467. The molecule has 4 atom stereocenters. The van der Waals surface area contributed by atoms with Crippen LogP contribution in [-0.4, -0.2) is 68.3 Å². The summed E-state index contributed by atoms with van der Waals surface area (Å²) in [6.07, 6.45) is -2.94. The van der Waals surface area contributed by atoms with E-state index in [1.54, 1.807) is 6.92 Å². The molecule has 0 aromatic rings. The fourth-order valence-electron chi connectivity index (χ4n) is 3.48. The molecule has 0 saturated carbocycles. The fourth-order valence-corrected chi connectivity index (χ4v) is 6.99. The first-order valence-corrected chi connectivity index (χ1v) is 19.3. The Bertz CT molecular complexity index is 942. The molecule has 2 amide bonds. The highest BCUT2D eigenvalue weighted by Crippen LogP contribution is 2.49. The van der Waals surface area contributed by atoms with Gasteiger partial charge >= 0.3 is 6.03 Å². The van der Waals surface area contributed by atoms with E-state index in [2.05, 4.69) is 65.3 Å². The number of carbonyl (C=O) groups is 1. The molecule has 4 N–H and O–H groups in total. The zero-order valence-corrected chi connectivity index (χ0v) is 25.9. The number of ether oxygens (including phenoxy) is 1. The van der Waals surface area contributed by atoms with Crippen molar-refractivity contribution in [3.63, 3.8) is 0 Å². The molecule has 1 fully saturated rings. The second kappa shape index (κ2) is 9.73. The molecule has 2 rings (SSSR count). The van der Waals surface area contributed by atoms with Gasteiger partial charge in [-0.2, -0.15) is 8.42 Å². The van der Waals surface area contributed by atoms with Crippen molar-refractivity contribution in [3.8, 4) is 0 Å². The van der Waals surface area contributed by atoms with Gasteiger partial charge < -0.3 is 30.0 Å². The quantitative estimate of drug-likeness (QED) is 0.323. The van der Waals surface area contributed by atoms with Gasteiger partial charge in [-0.1, -0.05) is 41.5 Å². The van der Waals surface area contributed by atoms with Crippen LogP contribution < -0.4 is 16.4 Å². The molecule has 0 bridgehead atoms. The molecular weight excluding hydrogens is 506 g/mol. The smallest absolute Gasteiger partial charge is 0.316 e. The van der Waals surface area contributed by atoms with E-state index in [4.69, 9.17) is 23.5 Å². The number of carbonyl (C=O) groups excluding carboxylic acids is 1. The van der Waals surface area contributed by atoms with Crippen LogP contribution >= 0.6 is 0 Å². The lowest BCUT2D eigenvalue weighted by Crippen LogP contribution is -2.61. The van der Waals surface area contributed by atoms with Crippen LogP contribution in [0.15, 0.2) is 11.1 Å². The first-order valence-electron chi connectivity index (χ1n) is 12.0. The van der Waals surface area contributed by atoms with Crippen molar-refractivity contribution in [1.29, 1.82) is 0 Å². The summed E-state index contributed by atoms with van der Waals surface area (Å²) in [6.45, 7) is 23.0. The summed E-state index contributed by atoms with van der Waals surface area (Å²) < 4.78 is 50.4. The zero-order valence-electron chi connectivity index (χ0n) is 23.1. The fraction of sp³-hybridized carbons (Fsp3) is 0.864. The Labute approximate surface area is 213 Å². The summed E-state index contributed by atoms with van der Waals surface area (Å²) in [5.41, 5.74) is 4.69. The minimum Gasteiger partial charge on any atom is -0.414 e. The van der Waals surface area contributed by atoms with Crippen LogP contribution in [0.25, 0.3) is 0 Å². The largest absolute Gasteiger partial charge is 0.414 e. The molecule has 2 heterocycles. The Kier molecular flexibility index (Phi) is 8.41. The molecule has 0 unspecified atom stereocenters. The van der Waals surface area contributed by atoms with Crippen molar-refractivity contribution in [3.05, 3.63) is 11.1 Å². The molecule has 204 valence electrons. The lowest BCUT2D eigenvalue weighted by Gasteiger charge is -2.43. The number of rotatable bonds is 7. The number of nitrogens with one attached hydrogen (secondary N) is 2. The molecule has 2 aliphatic rings. The highest BCUT2D eigenvalue weighted by Gasteiger charge is 2.67. The number of nitrogens with two attached hydrogens (primary N) is 1. The van der Waals surface area contributed by atoms with E-state index in [9.17, 15) is 13.2 Å². The van der Waals surface area contributed by atoms with Gasteiger partial charge in [0.15, 0.2) is 28.5 Å².